The summed E-state index contributed by atoms with van der Waals surface area (Å²) in [5, 5.41) is 12.5. The fourth-order valence-electron chi connectivity index (χ4n) is 1.76. The van der Waals surface area contributed by atoms with Crippen molar-refractivity contribution in [3.05, 3.63) is 42.5 Å². The van der Waals surface area contributed by atoms with Crippen LogP contribution in [-0.4, -0.2) is 51.7 Å². The van der Waals surface area contributed by atoms with Crippen molar-refractivity contribution in [2.24, 2.45) is 0 Å². The molecule has 8 heteroatoms. The Hall–Kier alpha value is -3.21. The van der Waals surface area contributed by atoms with Crippen LogP contribution in [0.1, 0.15) is 16.8 Å². The number of nitrogens with zero attached hydrogens (tertiary/aromatic N) is 5. The third-order valence-electron chi connectivity index (χ3n) is 3.10. The number of hydrogen-bond donors (Lipinski definition) is 0. The molecule has 8 nitrogen and oxygen atoms in total. The first-order valence-electron chi connectivity index (χ1n) is 6.85. The number of rotatable bonds is 6. The second-order valence-electron chi connectivity index (χ2n) is 4.69. The summed E-state index contributed by atoms with van der Waals surface area (Å²) in [6.07, 6.45) is 3.19. The highest BCUT2D eigenvalue weighted by Crippen LogP contribution is 2.09. The molecule has 0 saturated carbocycles. The van der Waals surface area contributed by atoms with Gasteiger partial charge in [0.2, 0.25) is 0 Å². The Kier molecular flexibility index (Phi) is 5.41. The molecule has 0 atom stereocenters. The van der Waals surface area contributed by atoms with Gasteiger partial charge in [0.05, 0.1) is 23.7 Å². The molecule has 2 aromatic rings. The molecule has 0 fully saturated rings. The van der Waals surface area contributed by atoms with Crippen molar-refractivity contribution < 1.29 is 14.3 Å². The van der Waals surface area contributed by atoms with E-state index in [4.69, 9.17) is 10.00 Å². The summed E-state index contributed by atoms with van der Waals surface area (Å²) < 4.78 is 6.53. The molecular formula is C15H15N5O3. The van der Waals surface area contributed by atoms with E-state index < -0.39 is 5.97 Å². The smallest absolute Gasteiger partial charge is 0.338 e. The summed E-state index contributed by atoms with van der Waals surface area (Å²) in [5.74, 6) is -0.940. The van der Waals surface area contributed by atoms with Crippen LogP contribution >= 0.6 is 0 Å². The molecule has 1 amide bonds. The van der Waals surface area contributed by atoms with Gasteiger partial charge in [-0.3, -0.25) is 4.79 Å². The number of carbonyl (C=O) groups is 2. The standard InChI is InChI=1S/C15H15N5O3/c1-19(8-2-7-16)14(21)9-23-15(22)12-3-5-13(6-4-12)20-11-17-10-18-20/h3-6,10-11H,2,8-9H2,1H3. The first-order chi connectivity index (χ1) is 11.1. The molecule has 0 aliphatic carbocycles. The minimum atomic E-state index is -0.586. The summed E-state index contributed by atoms with van der Waals surface area (Å²) in [6.45, 7) is -0.0505. The van der Waals surface area contributed by atoms with E-state index in [0.29, 0.717) is 12.1 Å². The Morgan fingerprint density at radius 3 is 2.70 bits per heavy atom. The average molecular weight is 313 g/mol. The molecule has 0 saturated heterocycles. The molecule has 1 aromatic heterocycles. The Morgan fingerprint density at radius 1 is 1.35 bits per heavy atom. The molecule has 0 radical (unpaired) electrons. The lowest BCUT2D eigenvalue weighted by atomic mass is 10.2. The first-order valence-corrected chi connectivity index (χ1v) is 6.85. The summed E-state index contributed by atoms with van der Waals surface area (Å²) >= 11 is 0. The largest absolute Gasteiger partial charge is 0.452 e. The number of carbonyl (C=O) groups excluding carboxylic acids is 2. The molecule has 1 aromatic carbocycles. The second kappa shape index (κ2) is 7.70. The molecule has 0 aliphatic rings. The van der Waals surface area contributed by atoms with Crippen molar-refractivity contribution in [2.45, 2.75) is 6.42 Å². The van der Waals surface area contributed by atoms with Gasteiger partial charge in [0, 0.05) is 13.6 Å². The van der Waals surface area contributed by atoms with Gasteiger partial charge >= 0.3 is 5.97 Å². The van der Waals surface area contributed by atoms with E-state index in [1.165, 1.54) is 11.2 Å². The van der Waals surface area contributed by atoms with Gasteiger partial charge in [-0.25, -0.2) is 14.5 Å². The van der Waals surface area contributed by atoms with Gasteiger partial charge in [-0.15, -0.1) is 0 Å². The number of benzene rings is 1. The van der Waals surface area contributed by atoms with E-state index >= 15 is 0 Å². The van der Waals surface area contributed by atoms with Crippen LogP contribution in [0.25, 0.3) is 5.69 Å². The molecule has 23 heavy (non-hydrogen) atoms. The van der Waals surface area contributed by atoms with Crippen LogP contribution in [0.15, 0.2) is 36.9 Å². The number of esters is 1. The summed E-state index contributed by atoms with van der Waals surface area (Å²) in [4.78, 5) is 28.8. The number of nitriles is 1. The third kappa shape index (κ3) is 4.38. The van der Waals surface area contributed by atoms with Gasteiger partial charge in [-0.2, -0.15) is 10.4 Å². The van der Waals surface area contributed by atoms with Gasteiger partial charge in [0.1, 0.15) is 12.7 Å². The van der Waals surface area contributed by atoms with Crippen molar-refractivity contribution >= 4 is 11.9 Å². The molecule has 0 bridgehead atoms. The normalized spacial score (nSPS) is 9.91. The number of hydrogen-bond acceptors (Lipinski definition) is 6. The van der Waals surface area contributed by atoms with Crippen LogP contribution in [0.4, 0.5) is 0 Å². The predicted octanol–water partition coefficient (Wildman–Crippen LogP) is 0.796. The van der Waals surface area contributed by atoms with Crippen LogP contribution < -0.4 is 0 Å². The van der Waals surface area contributed by atoms with E-state index in [9.17, 15) is 9.59 Å². The van der Waals surface area contributed by atoms with Gasteiger partial charge in [0.25, 0.3) is 5.91 Å². The number of aromatic nitrogens is 3. The van der Waals surface area contributed by atoms with Crippen molar-refractivity contribution in [1.29, 1.82) is 5.26 Å². The van der Waals surface area contributed by atoms with Crippen molar-refractivity contribution in [3.8, 4) is 11.8 Å². The fourth-order valence-corrected chi connectivity index (χ4v) is 1.76. The lowest BCUT2D eigenvalue weighted by molar-refractivity contribution is -0.133. The SMILES string of the molecule is CN(CCC#N)C(=O)COC(=O)c1ccc(-n2cncn2)cc1. The van der Waals surface area contributed by atoms with E-state index in [1.807, 2.05) is 6.07 Å². The Balaban J connectivity index is 1.89. The highest BCUT2D eigenvalue weighted by molar-refractivity contribution is 5.91. The number of ether oxygens (including phenoxy) is 1. The highest BCUT2D eigenvalue weighted by Gasteiger charge is 2.13. The minimum Gasteiger partial charge on any atom is -0.452 e. The van der Waals surface area contributed by atoms with Crippen molar-refractivity contribution in [3.63, 3.8) is 0 Å². The Bertz CT molecular complexity index is 704. The molecule has 1 heterocycles. The maximum Gasteiger partial charge on any atom is 0.338 e. The average Bonchev–Trinajstić information content (AvgIpc) is 3.11. The molecule has 0 aliphatic heterocycles. The zero-order valence-corrected chi connectivity index (χ0v) is 12.5. The lowest BCUT2D eigenvalue weighted by Crippen LogP contribution is -2.31. The van der Waals surface area contributed by atoms with Crippen molar-refractivity contribution in [1.82, 2.24) is 19.7 Å². The van der Waals surface area contributed by atoms with E-state index in [2.05, 4.69) is 10.1 Å². The van der Waals surface area contributed by atoms with Gasteiger partial charge in [0.15, 0.2) is 6.61 Å². The van der Waals surface area contributed by atoms with Crippen LogP contribution in [0.5, 0.6) is 0 Å². The number of amides is 1. The minimum absolute atomic E-state index is 0.236. The Labute approximate surface area is 132 Å². The summed E-state index contributed by atoms with van der Waals surface area (Å²) in [6, 6.07) is 8.52. The molecular weight excluding hydrogens is 298 g/mol. The molecule has 0 spiro atoms. The number of likely N-dealkylation sites (N-methyl/N-ethyl adjacent to an activating group) is 1. The Morgan fingerprint density at radius 2 is 2.09 bits per heavy atom. The second-order valence-corrected chi connectivity index (χ2v) is 4.69. The highest BCUT2D eigenvalue weighted by atomic mass is 16.5. The molecule has 2 rings (SSSR count). The van der Waals surface area contributed by atoms with Gasteiger partial charge < -0.3 is 9.64 Å². The molecule has 118 valence electrons. The van der Waals surface area contributed by atoms with E-state index in [-0.39, 0.29) is 18.9 Å². The molecule has 0 N–H and O–H groups in total. The summed E-state index contributed by atoms with van der Waals surface area (Å²) in [7, 11) is 1.56. The van der Waals surface area contributed by atoms with Gasteiger partial charge in [-0.05, 0) is 24.3 Å². The van der Waals surface area contributed by atoms with E-state index in [0.717, 1.165) is 5.69 Å². The fraction of sp³-hybridized carbons (Fsp3) is 0.267. The quantitative estimate of drug-likeness (QED) is 0.731. The monoisotopic (exact) mass is 313 g/mol. The van der Waals surface area contributed by atoms with Crippen molar-refractivity contribution in [2.75, 3.05) is 20.2 Å². The maximum atomic E-state index is 11.9. The third-order valence-corrected chi connectivity index (χ3v) is 3.10. The zero-order valence-electron chi connectivity index (χ0n) is 12.5. The van der Waals surface area contributed by atoms with Crippen LogP contribution in [0, 0.1) is 11.3 Å². The zero-order chi connectivity index (χ0) is 16.7. The van der Waals surface area contributed by atoms with Crippen LogP contribution in [-0.2, 0) is 9.53 Å². The van der Waals surface area contributed by atoms with E-state index in [1.54, 1.807) is 42.3 Å². The topological polar surface area (TPSA) is 101 Å². The summed E-state index contributed by atoms with van der Waals surface area (Å²) in [5.41, 5.74) is 1.09. The maximum absolute atomic E-state index is 11.9. The first kappa shape index (κ1) is 16.2. The predicted molar refractivity (Wildman–Crippen MR) is 79.5 cm³/mol. The van der Waals surface area contributed by atoms with Crippen LogP contribution in [0.2, 0.25) is 0 Å². The molecule has 0 unspecified atom stereocenters. The van der Waals surface area contributed by atoms with Crippen LogP contribution in [0.3, 0.4) is 0 Å². The lowest BCUT2D eigenvalue weighted by Gasteiger charge is -2.15. The van der Waals surface area contributed by atoms with Gasteiger partial charge in [-0.1, -0.05) is 0 Å².